The van der Waals surface area contributed by atoms with Gasteiger partial charge in [-0.15, -0.1) is 0 Å². The summed E-state index contributed by atoms with van der Waals surface area (Å²) in [5, 5.41) is 6.79. The van der Waals surface area contributed by atoms with Crippen LogP contribution in [-0.4, -0.2) is 27.4 Å². The van der Waals surface area contributed by atoms with Gasteiger partial charge in [-0.1, -0.05) is 42.5 Å². The van der Waals surface area contributed by atoms with Crippen molar-refractivity contribution >= 4 is 40.8 Å². The summed E-state index contributed by atoms with van der Waals surface area (Å²) >= 11 is 5.26. The van der Waals surface area contributed by atoms with Crippen LogP contribution in [0.1, 0.15) is 16.8 Å². The molecule has 0 aliphatic carbocycles. The molecule has 4 rings (SSSR count). The molecule has 0 fully saturated rings. The summed E-state index contributed by atoms with van der Waals surface area (Å²) in [7, 11) is 0. The molecule has 2 heterocycles. The summed E-state index contributed by atoms with van der Waals surface area (Å²) in [6, 6.07) is 16.4. The van der Waals surface area contributed by atoms with Gasteiger partial charge in [0.1, 0.15) is 11.9 Å². The van der Waals surface area contributed by atoms with Gasteiger partial charge in [-0.3, -0.25) is 9.59 Å². The Balaban J connectivity index is 1.51. The number of fused-ring (bicyclic) bond motifs is 3. The minimum atomic E-state index is -0.653. The van der Waals surface area contributed by atoms with E-state index in [1.807, 2.05) is 54.6 Å². The molecular formula is C19H16N4O2S. The van der Waals surface area contributed by atoms with Crippen molar-refractivity contribution in [3.05, 3.63) is 64.9 Å². The van der Waals surface area contributed by atoms with Crippen molar-refractivity contribution in [2.75, 3.05) is 5.32 Å². The average molecular weight is 364 g/mol. The molecule has 26 heavy (non-hydrogen) atoms. The second-order valence-electron chi connectivity index (χ2n) is 6.10. The first-order valence-corrected chi connectivity index (χ1v) is 8.67. The molecule has 2 aromatic carbocycles. The van der Waals surface area contributed by atoms with E-state index in [-0.39, 0.29) is 23.0 Å². The molecule has 0 radical (unpaired) electrons. The highest BCUT2D eigenvalue weighted by Gasteiger charge is 2.33. The first kappa shape index (κ1) is 16.4. The lowest BCUT2D eigenvalue weighted by Gasteiger charge is -2.09. The number of nitrogens with one attached hydrogen (secondary N) is 2. The maximum absolute atomic E-state index is 12.7. The maximum Gasteiger partial charge on any atom is 0.257 e. The Morgan fingerprint density at radius 2 is 1.88 bits per heavy atom. The summed E-state index contributed by atoms with van der Waals surface area (Å²) in [6.45, 7) is 0.428. The number of hydrogen-bond acceptors (Lipinski definition) is 5. The van der Waals surface area contributed by atoms with Gasteiger partial charge >= 0.3 is 0 Å². The van der Waals surface area contributed by atoms with Crippen LogP contribution in [0.5, 0.6) is 0 Å². The lowest BCUT2D eigenvalue weighted by Crippen LogP contribution is -2.33. The van der Waals surface area contributed by atoms with Crippen molar-refractivity contribution in [1.29, 1.82) is 0 Å². The third-order valence-corrected chi connectivity index (χ3v) is 4.62. The molecule has 1 aliphatic rings. The van der Waals surface area contributed by atoms with Crippen LogP contribution < -0.4 is 10.6 Å². The Morgan fingerprint density at radius 3 is 2.69 bits per heavy atom. The molecular weight excluding hydrogens is 348 g/mol. The van der Waals surface area contributed by atoms with E-state index < -0.39 is 6.04 Å². The topological polar surface area (TPSA) is 76.0 Å². The number of aromatic nitrogens is 2. The van der Waals surface area contributed by atoms with Crippen molar-refractivity contribution in [2.24, 2.45) is 0 Å². The Labute approximate surface area is 154 Å². The summed E-state index contributed by atoms with van der Waals surface area (Å²) in [4.78, 5) is 29.3. The minimum absolute atomic E-state index is 0.0381. The van der Waals surface area contributed by atoms with Gasteiger partial charge in [0, 0.05) is 11.9 Å². The summed E-state index contributed by atoms with van der Waals surface area (Å²) in [5.41, 5.74) is 1.73. The number of nitrogens with zero attached hydrogens (tertiary/aromatic N) is 2. The Bertz CT molecular complexity index is 1060. The molecule has 1 aliphatic heterocycles. The zero-order chi connectivity index (χ0) is 18.1. The molecule has 3 aromatic rings. The van der Waals surface area contributed by atoms with Crippen molar-refractivity contribution in [3.8, 4) is 0 Å². The number of benzene rings is 2. The van der Waals surface area contributed by atoms with Crippen LogP contribution in [0.15, 0.2) is 54.6 Å². The molecule has 7 heteroatoms. The normalized spacial score (nSPS) is 15.5. The molecule has 130 valence electrons. The van der Waals surface area contributed by atoms with Crippen LogP contribution in [0.2, 0.25) is 0 Å². The Morgan fingerprint density at radius 1 is 1.15 bits per heavy atom. The zero-order valence-corrected chi connectivity index (χ0v) is 14.6. The van der Waals surface area contributed by atoms with Gasteiger partial charge in [0.15, 0.2) is 0 Å². The Kier molecular flexibility index (Phi) is 4.22. The van der Waals surface area contributed by atoms with Gasteiger partial charge in [-0.25, -0.2) is 9.55 Å². The molecule has 0 saturated carbocycles. The molecule has 1 atom stereocenters. The van der Waals surface area contributed by atoms with E-state index in [1.54, 1.807) is 0 Å². The van der Waals surface area contributed by atoms with Crippen LogP contribution >= 0.6 is 12.2 Å². The first-order chi connectivity index (χ1) is 12.6. The monoisotopic (exact) mass is 364 g/mol. The van der Waals surface area contributed by atoms with E-state index in [1.165, 1.54) is 4.57 Å². The van der Waals surface area contributed by atoms with E-state index in [9.17, 15) is 9.59 Å². The highest BCUT2D eigenvalue weighted by molar-refractivity contribution is 7.71. The largest absolute Gasteiger partial charge is 0.358 e. The van der Waals surface area contributed by atoms with Crippen LogP contribution in [-0.2, 0) is 11.3 Å². The van der Waals surface area contributed by atoms with Gasteiger partial charge in [-0.2, -0.15) is 0 Å². The number of carbonyl (C=O) groups excluding carboxylic acids is 2. The third-order valence-electron chi connectivity index (χ3n) is 4.34. The van der Waals surface area contributed by atoms with Crippen LogP contribution in [0.4, 0.5) is 5.82 Å². The molecule has 0 saturated heterocycles. The highest BCUT2D eigenvalue weighted by Crippen LogP contribution is 2.28. The fourth-order valence-corrected chi connectivity index (χ4v) is 3.34. The van der Waals surface area contributed by atoms with Crippen molar-refractivity contribution in [1.82, 2.24) is 14.9 Å². The molecule has 1 aromatic heterocycles. The molecule has 0 spiro atoms. The van der Waals surface area contributed by atoms with E-state index >= 15 is 0 Å². The number of carbonyl (C=O) groups is 2. The smallest absolute Gasteiger partial charge is 0.257 e. The predicted octanol–water partition coefficient (Wildman–Crippen LogP) is 2.91. The highest BCUT2D eigenvalue weighted by atomic mass is 32.1. The molecule has 2 N–H and O–H groups in total. The maximum atomic E-state index is 12.7. The average Bonchev–Trinajstić information content (AvgIpc) is 2.98. The Hall–Kier alpha value is -3.06. The fraction of sp³-hybridized carbons (Fsp3) is 0.158. The SMILES string of the molecule is O=C(CC1Nc2c3ccccc3nc(=S)n2C1=O)NCc1ccccc1. The van der Waals surface area contributed by atoms with E-state index in [2.05, 4.69) is 15.6 Å². The summed E-state index contributed by atoms with van der Waals surface area (Å²) in [5.74, 6) is 0.154. The number of rotatable bonds is 4. The predicted molar refractivity (Wildman–Crippen MR) is 102 cm³/mol. The summed E-state index contributed by atoms with van der Waals surface area (Å²) < 4.78 is 1.58. The fourth-order valence-electron chi connectivity index (χ4n) is 3.06. The number of anilines is 1. The van der Waals surface area contributed by atoms with Gasteiger partial charge in [0.05, 0.1) is 11.9 Å². The lowest BCUT2D eigenvalue weighted by atomic mass is 10.2. The van der Waals surface area contributed by atoms with E-state index in [4.69, 9.17) is 12.2 Å². The second-order valence-corrected chi connectivity index (χ2v) is 6.46. The molecule has 0 bridgehead atoms. The lowest BCUT2D eigenvalue weighted by molar-refractivity contribution is -0.121. The van der Waals surface area contributed by atoms with Crippen molar-refractivity contribution in [3.63, 3.8) is 0 Å². The molecule has 6 nitrogen and oxygen atoms in total. The zero-order valence-electron chi connectivity index (χ0n) is 13.8. The first-order valence-electron chi connectivity index (χ1n) is 8.26. The third kappa shape index (κ3) is 2.97. The summed E-state index contributed by atoms with van der Waals surface area (Å²) in [6.07, 6.45) is 0.0381. The standard InChI is InChI=1S/C19H16N4O2S/c24-16(20-11-12-6-2-1-3-7-12)10-15-18(25)23-17(21-15)13-8-4-5-9-14(13)22-19(23)26/h1-9,15,21H,10-11H2,(H,20,24). The van der Waals surface area contributed by atoms with E-state index in [0.29, 0.717) is 12.4 Å². The number of para-hydroxylation sites is 1. The number of hydrogen-bond donors (Lipinski definition) is 2. The van der Waals surface area contributed by atoms with Gasteiger partial charge in [0.25, 0.3) is 5.91 Å². The van der Waals surface area contributed by atoms with Crippen LogP contribution in [0.25, 0.3) is 10.9 Å². The van der Waals surface area contributed by atoms with Crippen molar-refractivity contribution < 1.29 is 9.59 Å². The number of amides is 1. The molecule has 1 unspecified atom stereocenters. The van der Waals surface area contributed by atoms with Gasteiger partial charge in [0.2, 0.25) is 10.7 Å². The van der Waals surface area contributed by atoms with Gasteiger partial charge in [-0.05, 0) is 29.9 Å². The van der Waals surface area contributed by atoms with E-state index in [0.717, 1.165) is 16.5 Å². The van der Waals surface area contributed by atoms with Crippen molar-refractivity contribution in [2.45, 2.75) is 19.0 Å². The second kappa shape index (κ2) is 6.68. The van der Waals surface area contributed by atoms with Crippen LogP contribution in [0, 0.1) is 4.77 Å². The minimum Gasteiger partial charge on any atom is -0.358 e. The van der Waals surface area contributed by atoms with Gasteiger partial charge < -0.3 is 10.6 Å². The van der Waals surface area contributed by atoms with Crippen LogP contribution in [0.3, 0.4) is 0 Å². The quantitative estimate of drug-likeness (QED) is 0.696. The molecule has 1 amide bonds.